The zero-order valence-electron chi connectivity index (χ0n) is 8.51. The van der Waals surface area contributed by atoms with Gasteiger partial charge in [-0.15, -0.1) is 0 Å². The molecule has 1 aromatic carbocycles. The van der Waals surface area contributed by atoms with Crippen LogP contribution < -0.4 is 5.32 Å². The lowest BCUT2D eigenvalue weighted by molar-refractivity contribution is -0.133. The summed E-state index contributed by atoms with van der Waals surface area (Å²) in [7, 11) is 0. The summed E-state index contributed by atoms with van der Waals surface area (Å²) in [6.45, 7) is 0. The molecule has 0 bridgehead atoms. The Hall–Kier alpha value is -2.10. The van der Waals surface area contributed by atoms with Gasteiger partial charge in [-0.2, -0.15) is 0 Å². The highest BCUT2D eigenvalue weighted by Gasteiger charge is 2.28. The second-order valence-electron chi connectivity index (χ2n) is 3.64. The van der Waals surface area contributed by atoms with Gasteiger partial charge in [0.2, 0.25) is 5.91 Å². The number of hydrogen-bond acceptors (Lipinski definition) is 2. The number of aliphatic carboxylic acids is 1. The quantitative estimate of drug-likeness (QED) is 0.783. The van der Waals surface area contributed by atoms with Gasteiger partial charge in [0.05, 0.1) is 5.57 Å². The standard InChI is InChI=1S/C12H11NO3/c14-11-6-9(8-4-2-1-3-5-8)10(7-13-11)12(15)16/h1-5,7,9H,6H2,(H,13,14)(H,15,16)/t9-/m1/s1. The molecule has 16 heavy (non-hydrogen) atoms. The topological polar surface area (TPSA) is 66.4 Å². The van der Waals surface area contributed by atoms with E-state index in [9.17, 15) is 9.59 Å². The van der Waals surface area contributed by atoms with Crippen LogP contribution in [0.1, 0.15) is 17.9 Å². The van der Waals surface area contributed by atoms with Gasteiger partial charge in [-0.05, 0) is 5.56 Å². The van der Waals surface area contributed by atoms with Crippen LogP contribution in [0.3, 0.4) is 0 Å². The zero-order chi connectivity index (χ0) is 11.5. The molecule has 2 N–H and O–H groups in total. The van der Waals surface area contributed by atoms with Gasteiger partial charge in [0.15, 0.2) is 0 Å². The Morgan fingerprint density at radius 3 is 2.62 bits per heavy atom. The minimum Gasteiger partial charge on any atom is -0.478 e. The van der Waals surface area contributed by atoms with Crippen LogP contribution in [0.4, 0.5) is 0 Å². The van der Waals surface area contributed by atoms with Crippen LogP contribution in [0, 0.1) is 0 Å². The van der Waals surface area contributed by atoms with E-state index in [1.807, 2.05) is 30.3 Å². The van der Waals surface area contributed by atoms with Crippen molar-refractivity contribution in [1.82, 2.24) is 5.32 Å². The van der Waals surface area contributed by atoms with Crippen molar-refractivity contribution in [3.63, 3.8) is 0 Å². The van der Waals surface area contributed by atoms with Crippen LogP contribution in [0.25, 0.3) is 0 Å². The van der Waals surface area contributed by atoms with Gasteiger partial charge < -0.3 is 10.4 Å². The van der Waals surface area contributed by atoms with E-state index in [1.165, 1.54) is 6.20 Å². The summed E-state index contributed by atoms with van der Waals surface area (Å²) in [6.07, 6.45) is 1.47. The molecule has 2 rings (SSSR count). The number of hydrogen-bond donors (Lipinski definition) is 2. The summed E-state index contributed by atoms with van der Waals surface area (Å²) in [4.78, 5) is 22.3. The molecule has 82 valence electrons. The summed E-state index contributed by atoms with van der Waals surface area (Å²) in [6, 6.07) is 9.19. The highest BCUT2D eigenvalue weighted by molar-refractivity contribution is 5.93. The van der Waals surface area contributed by atoms with E-state index in [4.69, 9.17) is 5.11 Å². The molecule has 1 atom stereocenters. The molecule has 0 spiro atoms. The number of carboxylic acid groups (broad SMARTS) is 1. The van der Waals surface area contributed by atoms with Crippen molar-refractivity contribution < 1.29 is 14.7 Å². The fourth-order valence-corrected chi connectivity index (χ4v) is 1.81. The molecule has 0 saturated heterocycles. The lowest BCUT2D eigenvalue weighted by Gasteiger charge is -2.21. The predicted octanol–water partition coefficient (Wildman–Crippen LogP) is 1.26. The number of carbonyl (C=O) groups is 2. The van der Waals surface area contributed by atoms with E-state index in [1.54, 1.807) is 0 Å². The molecule has 0 saturated carbocycles. The maximum atomic E-state index is 11.3. The largest absolute Gasteiger partial charge is 0.478 e. The first-order valence-electron chi connectivity index (χ1n) is 4.96. The molecule has 0 fully saturated rings. The van der Waals surface area contributed by atoms with Crippen LogP contribution in [0.15, 0.2) is 42.1 Å². The molecular weight excluding hydrogens is 206 g/mol. The number of carboxylic acids is 1. The molecule has 1 aliphatic rings. The van der Waals surface area contributed by atoms with E-state index in [0.29, 0.717) is 0 Å². The number of nitrogens with one attached hydrogen (secondary N) is 1. The average Bonchev–Trinajstić information content (AvgIpc) is 2.29. The predicted molar refractivity (Wildman–Crippen MR) is 57.7 cm³/mol. The monoisotopic (exact) mass is 217 g/mol. The first-order valence-corrected chi connectivity index (χ1v) is 4.96. The Bertz CT molecular complexity index is 451. The summed E-state index contributed by atoms with van der Waals surface area (Å²) in [5.74, 6) is -1.50. The molecule has 0 aliphatic carbocycles. The number of carbonyl (C=O) groups excluding carboxylic acids is 1. The molecule has 1 aromatic rings. The molecule has 1 heterocycles. The van der Waals surface area contributed by atoms with Crippen LogP contribution in [0.2, 0.25) is 0 Å². The third-order valence-electron chi connectivity index (χ3n) is 2.60. The number of amides is 1. The van der Waals surface area contributed by atoms with Gasteiger partial charge in [-0.3, -0.25) is 4.79 Å². The first-order chi connectivity index (χ1) is 7.68. The van der Waals surface area contributed by atoms with Gasteiger partial charge in [0, 0.05) is 18.5 Å². The van der Waals surface area contributed by atoms with Crippen molar-refractivity contribution >= 4 is 11.9 Å². The summed E-state index contributed by atoms with van der Waals surface area (Å²) >= 11 is 0. The van der Waals surface area contributed by atoms with Crippen LogP contribution in [0.5, 0.6) is 0 Å². The smallest absolute Gasteiger partial charge is 0.333 e. The minimum absolute atomic E-state index is 0.154. The molecular formula is C12H11NO3. The Kier molecular flexibility index (Phi) is 2.72. The van der Waals surface area contributed by atoms with E-state index in [0.717, 1.165) is 5.56 Å². The Morgan fingerprint density at radius 2 is 2.00 bits per heavy atom. The maximum absolute atomic E-state index is 11.3. The minimum atomic E-state index is -0.992. The van der Waals surface area contributed by atoms with Crippen molar-refractivity contribution in [2.75, 3.05) is 0 Å². The van der Waals surface area contributed by atoms with Gasteiger partial charge >= 0.3 is 5.97 Å². The molecule has 1 amide bonds. The molecule has 0 radical (unpaired) electrons. The van der Waals surface area contributed by atoms with E-state index in [-0.39, 0.29) is 23.8 Å². The third kappa shape index (κ3) is 1.95. The van der Waals surface area contributed by atoms with Crippen LogP contribution in [-0.4, -0.2) is 17.0 Å². The van der Waals surface area contributed by atoms with Gasteiger partial charge in [0.1, 0.15) is 0 Å². The Balaban J connectivity index is 2.38. The van der Waals surface area contributed by atoms with Crippen molar-refractivity contribution in [1.29, 1.82) is 0 Å². The van der Waals surface area contributed by atoms with Crippen LogP contribution in [-0.2, 0) is 9.59 Å². The highest BCUT2D eigenvalue weighted by atomic mass is 16.4. The lowest BCUT2D eigenvalue weighted by Crippen LogP contribution is -2.29. The highest BCUT2D eigenvalue weighted by Crippen LogP contribution is 2.29. The number of benzene rings is 1. The molecule has 4 heteroatoms. The van der Waals surface area contributed by atoms with Crippen molar-refractivity contribution in [2.24, 2.45) is 0 Å². The SMILES string of the molecule is O=C1C[C@H](c2ccccc2)C(C(=O)O)=CN1. The Morgan fingerprint density at radius 1 is 1.31 bits per heavy atom. The Labute approximate surface area is 92.6 Å². The fraction of sp³-hybridized carbons (Fsp3) is 0.167. The second kappa shape index (κ2) is 4.18. The summed E-state index contributed by atoms with van der Waals surface area (Å²) in [5.41, 5.74) is 1.08. The molecule has 0 aromatic heterocycles. The lowest BCUT2D eigenvalue weighted by atomic mass is 9.87. The third-order valence-corrected chi connectivity index (χ3v) is 2.60. The van der Waals surface area contributed by atoms with Crippen molar-refractivity contribution in [3.8, 4) is 0 Å². The molecule has 0 unspecified atom stereocenters. The van der Waals surface area contributed by atoms with Crippen molar-refractivity contribution in [3.05, 3.63) is 47.7 Å². The summed E-state index contributed by atoms with van der Waals surface area (Å²) < 4.78 is 0. The average molecular weight is 217 g/mol. The normalized spacial score (nSPS) is 19.9. The van der Waals surface area contributed by atoms with Crippen LogP contribution >= 0.6 is 0 Å². The van der Waals surface area contributed by atoms with Gasteiger partial charge in [0.25, 0.3) is 0 Å². The van der Waals surface area contributed by atoms with E-state index >= 15 is 0 Å². The molecule has 4 nitrogen and oxygen atoms in total. The maximum Gasteiger partial charge on any atom is 0.333 e. The second-order valence-corrected chi connectivity index (χ2v) is 3.64. The van der Waals surface area contributed by atoms with Gasteiger partial charge in [-0.1, -0.05) is 30.3 Å². The van der Waals surface area contributed by atoms with E-state index < -0.39 is 5.97 Å². The molecule has 1 aliphatic heterocycles. The number of rotatable bonds is 2. The van der Waals surface area contributed by atoms with Crippen molar-refractivity contribution in [2.45, 2.75) is 12.3 Å². The van der Waals surface area contributed by atoms with E-state index in [2.05, 4.69) is 5.32 Å². The summed E-state index contributed by atoms with van der Waals surface area (Å²) in [5, 5.41) is 11.5. The van der Waals surface area contributed by atoms with Gasteiger partial charge in [-0.25, -0.2) is 4.79 Å². The fourth-order valence-electron chi connectivity index (χ4n) is 1.81. The first kappa shape index (κ1) is 10.4. The zero-order valence-corrected chi connectivity index (χ0v) is 8.51.